The number of hydrogen-bond donors (Lipinski definition) is 0. The lowest BCUT2D eigenvalue weighted by molar-refractivity contribution is -0.132. The fourth-order valence-electron chi connectivity index (χ4n) is 3.65. The summed E-state index contributed by atoms with van der Waals surface area (Å²) in [6, 6.07) is 9.78. The van der Waals surface area contributed by atoms with Gasteiger partial charge in [-0.1, -0.05) is 12.1 Å². The predicted octanol–water partition coefficient (Wildman–Crippen LogP) is 3.22. The van der Waals surface area contributed by atoms with Crippen molar-refractivity contribution in [2.24, 2.45) is 0 Å². The van der Waals surface area contributed by atoms with Gasteiger partial charge in [-0.25, -0.2) is 4.98 Å². The largest absolute Gasteiger partial charge is 0.497 e. The van der Waals surface area contributed by atoms with E-state index in [1.807, 2.05) is 34.5 Å². The molecule has 1 unspecified atom stereocenters. The number of rotatable bonds is 5. The van der Waals surface area contributed by atoms with Gasteiger partial charge in [0.25, 0.3) is 5.56 Å². The average Bonchev–Trinajstić information content (AvgIpc) is 3.37. The topological polar surface area (TPSA) is 64.4 Å². The summed E-state index contributed by atoms with van der Waals surface area (Å²) in [4.78, 5) is 32.3. The standard InChI is InChI=1S/C20H21N3O3S/c1-26-15-6-4-14(5-7-15)17-3-2-10-23(17)18(24)8-11-22-13-21-19-16(20(22)25)9-12-27-19/h4-7,9,12-13,17H,2-3,8,10-11H2,1H3. The van der Waals surface area contributed by atoms with Gasteiger partial charge < -0.3 is 9.64 Å². The number of likely N-dealkylation sites (tertiary alicyclic amines) is 1. The molecule has 0 saturated carbocycles. The molecule has 0 spiro atoms. The number of aromatic nitrogens is 2. The normalized spacial score (nSPS) is 16.8. The van der Waals surface area contributed by atoms with Crippen LogP contribution < -0.4 is 10.3 Å². The molecule has 1 atom stereocenters. The van der Waals surface area contributed by atoms with Crippen molar-refractivity contribution in [3.63, 3.8) is 0 Å². The number of fused-ring (bicyclic) bond motifs is 1. The number of methoxy groups -OCH3 is 1. The molecule has 3 heterocycles. The van der Waals surface area contributed by atoms with Gasteiger partial charge in [-0.05, 0) is 42.0 Å². The molecule has 4 rings (SSSR count). The van der Waals surface area contributed by atoms with Gasteiger partial charge in [0.05, 0.1) is 24.9 Å². The summed E-state index contributed by atoms with van der Waals surface area (Å²) in [7, 11) is 1.64. The van der Waals surface area contributed by atoms with Crippen molar-refractivity contribution in [1.82, 2.24) is 14.5 Å². The van der Waals surface area contributed by atoms with Gasteiger partial charge in [-0.2, -0.15) is 0 Å². The van der Waals surface area contributed by atoms with E-state index < -0.39 is 0 Å². The van der Waals surface area contributed by atoms with Crippen LogP contribution in [0.4, 0.5) is 0 Å². The third-order valence-electron chi connectivity index (χ3n) is 5.09. The monoisotopic (exact) mass is 383 g/mol. The van der Waals surface area contributed by atoms with E-state index in [0.29, 0.717) is 18.4 Å². The second-order valence-corrected chi connectivity index (χ2v) is 7.55. The molecular formula is C20H21N3O3S. The minimum Gasteiger partial charge on any atom is -0.497 e. The summed E-state index contributed by atoms with van der Waals surface area (Å²) < 4.78 is 6.74. The summed E-state index contributed by atoms with van der Waals surface area (Å²) in [5.41, 5.74) is 1.04. The first-order valence-electron chi connectivity index (χ1n) is 9.03. The van der Waals surface area contributed by atoms with Crippen molar-refractivity contribution in [2.45, 2.75) is 31.8 Å². The Balaban J connectivity index is 1.46. The molecule has 0 radical (unpaired) electrons. The Hall–Kier alpha value is -2.67. The third-order valence-corrected chi connectivity index (χ3v) is 5.91. The van der Waals surface area contributed by atoms with Crippen molar-refractivity contribution < 1.29 is 9.53 Å². The van der Waals surface area contributed by atoms with Crippen LogP contribution in [-0.4, -0.2) is 34.0 Å². The van der Waals surface area contributed by atoms with Gasteiger partial charge in [0.2, 0.25) is 5.91 Å². The molecule has 1 aliphatic heterocycles. The van der Waals surface area contributed by atoms with E-state index in [1.165, 1.54) is 15.9 Å². The molecule has 7 heteroatoms. The molecule has 1 aromatic carbocycles. The van der Waals surface area contributed by atoms with Gasteiger partial charge in [-0.15, -0.1) is 11.3 Å². The van der Waals surface area contributed by atoms with Gasteiger partial charge in [0.15, 0.2) is 0 Å². The van der Waals surface area contributed by atoms with Gasteiger partial charge in [-0.3, -0.25) is 14.2 Å². The Bertz CT molecular complexity index is 1010. The minimum absolute atomic E-state index is 0.0747. The lowest BCUT2D eigenvalue weighted by Gasteiger charge is -2.25. The van der Waals surface area contributed by atoms with Crippen molar-refractivity contribution in [1.29, 1.82) is 0 Å². The maximum Gasteiger partial charge on any atom is 0.262 e. The molecule has 27 heavy (non-hydrogen) atoms. The summed E-state index contributed by atoms with van der Waals surface area (Å²) in [5, 5.41) is 2.48. The van der Waals surface area contributed by atoms with Crippen LogP contribution in [0.15, 0.2) is 46.8 Å². The molecule has 1 aliphatic rings. The van der Waals surface area contributed by atoms with E-state index in [0.717, 1.165) is 35.5 Å². The highest BCUT2D eigenvalue weighted by Gasteiger charge is 2.29. The molecule has 1 amide bonds. The number of aryl methyl sites for hydroxylation is 1. The number of hydrogen-bond acceptors (Lipinski definition) is 5. The Morgan fingerprint density at radius 3 is 2.89 bits per heavy atom. The highest BCUT2D eigenvalue weighted by Crippen LogP contribution is 2.33. The maximum absolute atomic E-state index is 12.8. The highest BCUT2D eigenvalue weighted by molar-refractivity contribution is 7.16. The van der Waals surface area contributed by atoms with Gasteiger partial charge in [0, 0.05) is 19.5 Å². The van der Waals surface area contributed by atoms with E-state index in [1.54, 1.807) is 19.5 Å². The first kappa shape index (κ1) is 17.7. The fourth-order valence-corrected chi connectivity index (χ4v) is 4.37. The van der Waals surface area contributed by atoms with Crippen LogP contribution in [0.25, 0.3) is 10.2 Å². The predicted molar refractivity (Wildman–Crippen MR) is 105 cm³/mol. The SMILES string of the molecule is COc1ccc(C2CCCN2C(=O)CCn2cnc3sccc3c2=O)cc1. The van der Waals surface area contributed by atoms with Gasteiger partial charge >= 0.3 is 0 Å². The van der Waals surface area contributed by atoms with Crippen LogP contribution in [0.3, 0.4) is 0 Å². The summed E-state index contributed by atoms with van der Waals surface area (Å²) in [5.74, 6) is 0.885. The van der Waals surface area contributed by atoms with Crippen LogP contribution in [0, 0.1) is 0 Å². The quantitative estimate of drug-likeness (QED) is 0.679. The number of nitrogens with zero attached hydrogens (tertiary/aromatic N) is 3. The molecule has 3 aromatic rings. The summed E-state index contributed by atoms with van der Waals surface area (Å²) in [6.45, 7) is 1.11. The number of thiophene rings is 1. The molecule has 1 fully saturated rings. The molecule has 2 aromatic heterocycles. The van der Waals surface area contributed by atoms with E-state index in [4.69, 9.17) is 4.74 Å². The molecule has 0 bridgehead atoms. The van der Waals surface area contributed by atoms with Gasteiger partial charge in [0.1, 0.15) is 10.6 Å². The van der Waals surface area contributed by atoms with Crippen LogP contribution in [0.5, 0.6) is 5.75 Å². The van der Waals surface area contributed by atoms with Crippen molar-refractivity contribution in [3.8, 4) is 5.75 Å². The minimum atomic E-state index is -0.0813. The Kier molecular flexibility index (Phi) is 4.94. The van der Waals surface area contributed by atoms with E-state index in [-0.39, 0.29) is 17.5 Å². The molecule has 1 saturated heterocycles. The molecule has 6 nitrogen and oxygen atoms in total. The van der Waals surface area contributed by atoms with E-state index in [9.17, 15) is 9.59 Å². The zero-order valence-electron chi connectivity index (χ0n) is 15.1. The number of amides is 1. The Labute approximate surface area is 161 Å². The first-order valence-corrected chi connectivity index (χ1v) is 9.91. The molecule has 0 N–H and O–H groups in total. The highest BCUT2D eigenvalue weighted by atomic mass is 32.1. The first-order chi connectivity index (χ1) is 13.2. The number of carbonyl (C=O) groups excluding carboxylic acids is 1. The average molecular weight is 383 g/mol. The van der Waals surface area contributed by atoms with Crippen molar-refractivity contribution >= 4 is 27.5 Å². The Morgan fingerprint density at radius 1 is 1.30 bits per heavy atom. The molecular weight excluding hydrogens is 362 g/mol. The lowest BCUT2D eigenvalue weighted by Crippen LogP contribution is -2.32. The smallest absolute Gasteiger partial charge is 0.262 e. The van der Waals surface area contributed by atoms with E-state index in [2.05, 4.69) is 4.98 Å². The number of ether oxygens (including phenoxy) is 1. The lowest BCUT2D eigenvalue weighted by atomic mass is 10.0. The zero-order valence-corrected chi connectivity index (χ0v) is 15.9. The fraction of sp³-hybridized carbons (Fsp3) is 0.350. The summed E-state index contributed by atoms with van der Waals surface area (Å²) in [6.07, 6.45) is 3.79. The second-order valence-electron chi connectivity index (χ2n) is 6.65. The zero-order chi connectivity index (χ0) is 18.8. The van der Waals surface area contributed by atoms with Crippen LogP contribution in [0.2, 0.25) is 0 Å². The third kappa shape index (κ3) is 3.47. The molecule has 0 aliphatic carbocycles. The number of benzene rings is 1. The van der Waals surface area contributed by atoms with Crippen molar-refractivity contribution in [3.05, 3.63) is 58.0 Å². The molecule has 140 valence electrons. The van der Waals surface area contributed by atoms with E-state index >= 15 is 0 Å². The maximum atomic E-state index is 12.8. The summed E-state index contributed by atoms with van der Waals surface area (Å²) >= 11 is 1.45. The van der Waals surface area contributed by atoms with Crippen LogP contribution in [-0.2, 0) is 11.3 Å². The van der Waals surface area contributed by atoms with Crippen LogP contribution >= 0.6 is 11.3 Å². The van der Waals surface area contributed by atoms with Crippen molar-refractivity contribution in [2.75, 3.05) is 13.7 Å². The number of carbonyl (C=O) groups is 1. The second kappa shape index (κ2) is 7.52. The van der Waals surface area contributed by atoms with Crippen LogP contribution in [0.1, 0.15) is 30.9 Å². The Morgan fingerprint density at radius 2 is 2.11 bits per heavy atom.